The second-order valence-electron chi connectivity index (χ2n) is 5.58. The summed E-state index contributed by atoms with van der Waals surface area (Å²) in [5.74, 6) is 0.648. The van der Waals surface area contributed by atoms with Crippen LogP contribution in [0.1, 0.15) is 12.3 Å². The van der Waals surface area contributed by atoms with E-state index in [1.54, 1.807) is 42.7 Å². The van der Waals surface area contributed by atoms with E-state index in [2.05, 4.69) is 31.1 Å². The van der Waals surface area contributed by atoms with E-state index in [0.29, 0.717) is 29.5 Å². The fourth-order valence-electron chi connectivity index (χ4n) is 2.24. The fourth-order valence-corrected chi connectivity index (χ4v) is 2.24. The highest BCUT2D eigenvalue weighted by molar-refractivity contribution is 5.92. The summed E-state index contributed by atoms with van der Waals surface area (Å²) in [5.41, 5.74) is 2.01. The number of rotatable bonds is 6. The lowest BCUT2D eigenvalue weighted by Gasteiger charge is -2.07. The first kappa shape index (κ1) is 18.1. The van der Waals surface area contributed by atoms with Gasteiger partial charge in [0.25, 0.3) is 0 Å². The molecule has 0 bridgehead atoms. The molecule has 3 aromatic rings. The number of pyridine rings is 1. The molecule has 3 rings (SSSR count). The molecule has 0 aliphatic carbocycles. The van der Waals surface area contributed by atoms with E-state index < -0.39 is 0 Å². The quantitative estimate of drug-likeness (QED) is 0.616. The molecule has 27 heavy (non-hydrogen) atoms. The van der Waals surface area contributed by atoms with Crippen molar-refractivity contribution in [2.24, 2.45) is 0 Å². The average molecular weight is 366 g/mol. The van der Waals surface area contributed by atoms with Gasteiger partial charge in [-0.1, -0.05) is 5.16 Å². The molecular weight excluding hydrogens is 348 g/mol. The highest BCUT2D eigenvalue weighted by Crippen LogP contribution is 2.16. The molecule has 0 saturated carbocycles. The third-order valence-corrected chi connectivity index (χ3v) is 3.61. The van der Waals surface area contributed by atoms with Gasteiger partial charge < -0.3 is 20.5 Å². The van der Waals surface area contributed by atoms with Gasteiger partial charge in [-0.2, -0.15) is 4.98 Å². The Balaban J connectivity index is 1.50. The standard InChI is InChI=1S/C18H18N6O3/c1-19-18(26)22-14-6-4-13(5-7-14)21-15(25)8-9-16-23-17(24-27-16)12-3-2-10-20-11-12/h2-7,10-11H,8-9H2,1H3,(H,21,25)(H2,19,22,26). The summed E-state index contributed by atoms with van der Waals surface area (Å²) in [6.07, 6.45) is 3.84. The number of hydrogen-bond acceptors (Lipinski definition) is 6. The molecule has 0 spiro atoms. The SMILES string of the molecule is CNC(=O)Nc1ccc(NC(=O)CCc2nc(-c3cccnc3)no2)cc1. The number of benzene rings is 1. The van der Waals surface area contributed by atoms with Crippen LogP contribution in [0.4, 0.5) is 16.2 Å². The van der Waals surface area contributed by atoms with Crippen molar-refractivity contribution in [2.45, 2.75) is 12.8 Å². The maximum absolute atomic E-state index is 12.1. The number of urea groups is 1. The molecule has 0 saturated heterocycles. The number of aromatic nitrogens is 3. The first-order valence-corrected chi connectivity index (χ1v) is 8.25. The van der Waals surface area contributed by atoms with Gasteiger partial charge in [-0.15, -0.1) is 0 Å². The van der Waals surface area contributed by atoms with Crippen molar-refractivity contribution in [2.75, 3.05) is 17.7 Å². The average Bonchev–Trinajstić information content (AvgIpc) is 3.17. The molecule has 138 valence electrons. The molecule has 0 aliphatic rings. The van der Waals surface area contributed by atoms with Crippen LogP contribution in [0.3, 0.4) is 0 Å². The first-order chi connectivity index (χ1) is 13.1. The first-order valence-electron chi connectivity index (χ1n) is 8.25. The number of amides is 3. The van der Waals surface area contributed by atoms with E-state index in [4.69, 9.17) is 4.52 Å². The number of hydrogen-bond donors (Lipinski definition) is 3. The number of carbonyl (C=O) groups is 2. The lowest BCUT2D eigenvalue weighted by atomic mass is 10.2. The minimum absolute atomic E-state index is 0.178. The molecule has 3 N–H and O–H groups in total. The summed E-state index contributed by atoms with van der Waals surface area (Å²) in [4.78, 5) is 31.6. The predicted octanol–water partition coefficient (Wildman–Crippen LogP) is 2.45. The van der Waals surface area contributed by atoms with Gasteiger partial charge in [-0.25, -0.2) is 4.79 Å². The van der Waals surface area contributed by atoms with Crippen LogP contribution in [-0.4, -0.2) is 34.1 Å². The summed E-state index contributed by atoms with van der Waals surface area (Å²) in [6, 6.07) is 10.1. The summed E-state index contributed by atoms with van der Waals surface area (Å²) in [6.45, 7) is 0. The number of aryl methyl sites for hydroxylation is 1. The summed E-state index contributed by atoms with van der Waals surface area (Å²) in [5, 5.41) is 11.8. The van der Waals surface area contributed by atoms with Crippen LogP contribution in [0.25, 0.3) is 11.4 Å². The Morgan fingerprint density at radius 3 is 2.48 bits per heavy atom. The van der Waals surface area contributed by atoms with Crippen LogP contribution in [0, 0.1) is 0 Å². The zero-order chi connectivity index (χ0) is 19.1. The van der Waals surface area contributed by atoms with Gasteiger partial charge in [0.2, 0.25) is 17.6 Å². The maximum atomic E-state index is 12.1. The Morgan fingerprint density at radius 2 is 1.81 bits per heavy atom. The van der Waals surface area contributed by atoms with Crippen LogP contribution in [0.5, 0.6) is 0 Å². The largest absolute Gasteiger partial charge is 0.341 e. The third kappa shape index (κ3) is 5.11. The molecule has 0 aliphatic heterocycles. The third-order valence-electron chi connectivity index (χ3n) is 3.61. The number of nitrogens with one attached hydrogen (secondary N) is 3. The monoisotopic (exact) mass is 366 g/mol. The van der Waals surface area contributed by atoms with Gasteiger partial charge >= 0.3 is 6.03 Å². The molecule has 9 nitrogen and oxygen atoms in total. The predicted molar refractivity (Wildman–Crippen MR) is 99.0 cm³/mol. The highest BCUT2D eigenvalue weighted by Gasteiger charge is 2.11. The minimum Gasteiger partial charge on any atom is -0.341 e. The summed E-state index contributed by atoms with van der Waals surface area (Å²) in [7, 11) is 1.53. The normalized spacial score (nSPS) is 10.3. The summed E-state index contributed by atoms with van der Waals surface area (Å²) >= 11 is 0. The molecule has 0 fully saturated rings. The molecule has 9 heteroatoms. The Morgan fingerprint density at radius 1 is 1.07 bits per heavy atom. The van der Waals surface area contributed by atoms with E-state index in [-0.39, 0.29) is 18.4 Å². The van der Waals surface area contributed by atoms with Crippen molar-refractivity contribution < 1.29 is 14.1 Å². The van der Waals surface area contributed by atoms with Crippen LogP contribution in [0.2, 0.25) is 0 Å². The molecule has 0 unspecified atom stereocenters. The summed E-state index contributed by atoms with van der Waals surface area (Å²) < 4.78 is 5.17. The van der Waals surface area contributed by atoms with E-state index in [9.17, 15) is 9.59 Å². The van der Waals surface area contributed by atoms with Gasteiger partial charge in [-0.3, -0.25) is 9.78 Å². The fraction of sp³-hybridized carbons (Fsp3) is 0.167. The molecule has 0 atom stereocenters. The lowest BCUT2D eigenvalue weighted by Crippen LogP contribution is -2.24. The second kappa shape index (κ2) is 8.56. The van der Waals surface area contributed by atoms with Crippen LogP contribution < -0.4 is 16.0 Å². The minimum atomic E-state index is -0.308. The van der Waals surface area contributed by atoms with Crippen molar-refractivity contribution in [1.29, 1.82) is 0 Å². The number of anilines is 2. The van der Waals surface area contributed by atoms with Gasteiger partial charge in [0.1, 0.15) is 0 Å². The molecule has 2 aromatic heterocycles. The van der Waals surface area contributed by atoms with Crippen LogP contribution in [-0.2, 0) is 11.2 Å². The molecule has 0 radical (unpaired) electrons. The maximum Gasteiger partial charge on any atom is 0.318 e. The van der Waals surface area contributed by atoms with Crippen molar-refractivity contribution in [1.82, 2.24) is 20.4 Å². The van der Waals surface area contributed by atoms with Crippen molar-refractivity contribution in [3.05, 3.63) is 54.7 Å². The second-order valence-corrected chi connectivity index (χ2v) is 5.58. The van der Waals surface area contributed by atoms with Crippen molar-refractivity contribution >= 4 is 23.3 Å². The molecule has 3 amide bonds. The number of carbonyl (C=O) groups excluding carboxylic acids is 2. The Kier molecular flexibility index (Phi) is 5.73. The molecule has 1 aromatic carbocycles. The zero-order valence-corrected chi connectivity index (χ0v) is 14.6. The lowest BCUT2D eigenvalue weighted by molar-refractivity contribution is -0.116. The van der Waals surface area contributed by atoms with Crippen molar-refractivity contribution in [3.8, 4) is 11.4 Å². The smallest absolute Gasteiger partial charge is 0.318 e. The number of nitrogens with zero attached hydrogens (tertiary/aromatic N) is 3. The zero-order valence-electron chi connectivity index (χ0n) is 14.6. The topological polar surface area (TPSA) is 122 Å². The van der Waals surface area contributed by atoms with Crippen LogP contribution in [0.15, 0.2) is 53.3 Å². The van der Waals surface area contributed by atoms with Crippen LogP contribution >= 0.6 is 0 Å². The Bertz CT molecular complexity index is 908. The van der Waals surface area contributed by atoms with E-state index in [1.165, 1.54) is 7.05 Å². The van der Waals surface area contributed by atoms with Gasteiger partial charge in [0.05, 0.1) is 0 Å². The van der Waals surface area contributed by atoms with E-state index in [0.717, 1.165) is 5.56 Å². The van der Waals surface area contributed by atoms with E-state index >= 15 is 0 Å². The van der Waals surface area contributed by atoms with Gasteiger partial charge in [0, 0.05) is 49.2 Å². The highest BCUT2D eigenvalue weighted by atomic mass is 16.5. The van der Waals surface area contributed by atoms with Gasteiger partial charge in [0.15, 0.2) is 0 Å². The Hall–Kier alpha value is -3.75. The van der Waals surface area contributed by atoms with Crippen molar-refractivity contribution in [3.63, 3.8) is 0 Å². The van der Waals surface area contributed by atoms with E-state index in [1.807, 2.05) is 6.07 Å². The molecule has 2 heterocycles. The van der Waals surface area contributed by atoms with Gasteiger partial charge in [-0.05, 0) is 36.4 Å². The molecular formula is C18H18N6O3. The Labute approximate surface area is 155 Å².